The zero-order chi connectivity index (χ0) is 14.6. The fourth-order valence-electron chi connectivity index (χ4n) is 2.84. The number of nitrogens with two attached hydrogens (primary N) is 1. The molecule has 1 aliphatic heterocycles. The lowest BCUT2D eigenvalue weighted by molar-refractivity contribution is -0.133. The molecule has 1 aromatic carbocycles. The topological polar surface area (TPSA) is 55.6 Å². The molecule has 1 amide bonds. The van der Waals surface area contributed by atoms with Gasteiger partial charge in [0.15, 0.2) is 0 Å². The van der Waals surface area contributed by atoms with E-state index in [0.29, 0.717) is 39.1 Å². The first kappa shape index (κ1) is 15.0. The smallest absolute Gasteiger partial charge is 0.234 e. The van der Waals surface area contributed by atoms with E-state index in [2.05, 4.69) is 0 Å². The predicted octanol–water partition coefficient (Wildman–Crippen LogP) is 2.10. The van der Waals surface area contributed by atoms with Gasteiger partial charge in [-0.25, -0.2) is 0 Å². The van der Waals surface area contributed by atoms with Crippen molar-refractivity contribution in [1.82, 2.24) is 0 Å². The summed E-state index contributed by atoms with van der Waals surface area (Å²) in [5, 5.41) is 0. The van der Waals surface area contributed by atoms with Crippen LogP contribution in [-0.4, -0.2) is 32.2 Å². The van der Waals surface area contributed by atoms with Gasteiger partial charge in [-0.2, -0.15) is 0 Å². The average Bonchev–Trinajstić information content (AvgIpc) is 2.50. The molecule has 1 aliphatic rings. The summed E-state index contributed by atoms with van der Waals surface area (Å²) in [7, 11) is 0. The predicted molar refractivity (Wildman–Crippen MR) is 80.7 cm³/mol. The van der Waals surface area contributed by atoms with Gasteiger partial charge < -0.3 is 15.4 Å². The Morgan fingerprint density at radius 1 is 1.35 bits per heavy atom. The van der Waals surface area contributed by atoms with Crippen LogP contribution in [0.4, 0.5) is 5.69 Å². The molecule has 1 saturated heterocycles. The summed E-state index contributed by atoms with van der Waals surface area (Å²) in [6, 6.07) is 7.99. The number of ether oxygens (including phenoxy) is 1. The van der Waals surface area contributed by atoms with Crippen LogP contribution in [0.5, 0.6) is 0 Å². The second kappa shape index (κ2) is 6.37. The third-order valence-corrected chi connectivity index (χ3v) is 4.26. The Hall–Kier alpha value is -1.39. The monoisotopic (exact) mass is 276 g/mol. The second-order valence-electron chi connectivity index (χ2n) is 5.43. The van der Waals surface area contributed by atoms with E-state index in [0.717, 1.165) is 11.3 Å². The number of anilines is 1. The molecule has 0 aliphatic carbocycles. The Labute approximate surface area is 120 Å². The fourth-order valence-corrected chi connectivity index (χ4v) is 2.84. The highest BCUT2D eigenvalue weighted by Gasteiger charge is 2.41. The molecule has 20 heavy (non-hydrogen) atoms. The zero-order valence-corrected chi connectivity index (χ0v) is 12.4. The molecule has 0 radical (unpaired) electrons. The lowest BCUT2D eigenvalue weighted by atomic mass is 9.78. The summed E-state index contributed by atoms with van der Waals surface area (Å²) in [6.45, 7) is 6.32. The minimum atomic E-state index is -0.462. The van der Waals surface area contributed by atoms with Gasteiger partial charge in [0, 0.05) is 32.0 Å². The van der Waals surface area contributed by atoms with Crippen molar-refractivity contribution in [2.45, 2.75) is 26.7 Å². The molecule has 110 valence electrons. The van der Waals surface area contributed by atoms with Crippen molar-refractivity contribution in [3.05, 3.63) is 29.8 Å². The van der Waals surface area contributed by atoms with E-state index in [9.17, 15) is 4.79 Å². The molecule has 0 bridgehead atoms. The highest BCUT2D eigenvalue weighted by atomic mass is 16.5. The molecule has 2 rings (SSSR count). The SMILES string of the molecule is CCN(C(=O)C1(CN)CCOCC1)c1ccccc1C. The van der Waals surface area contributed by atoms with Gasteiger partial charge in [-0.1, -0.05) is 18.2 Å². The van der Waals surface area contributed by atoms with Gasteiger partial charge in [-0.05, 0) is 38.3 Å². The minimum absolute atomic E-state index is 0.139. The number of carbonyl (C=O) groups is 1. The quantitative estimate of drug-likeness (QED) is 0.916. The van der Waals surface area contributed by atoms with E-state index in [1.807, 2.05) is 43.0 Å². The van der Waals surface area contributed by atoms with E-state index in [1.165, 1.54) is 0 Å². The van der Waals surface area contributed by atoms with Gasteiger partial charge in [0.1, 0.15) is 0 Å². The van der Waals surface area contributed by atoms with Crippen molar-refractivity contribution in [3.63, 3.8) is 0 Å². The first-order valence-electron chi connectivity index (χ1n) is 7.30. The Morgan fingerprint density at radius 3 is 2.55 bits per heavy atom. The number of carbonyl (C=O) groups excluding carboxylic acids is 1. The molecule has 0 saturated carbocycles. The number of nitrogens with zero attached hydrogens (tertiary/aromatic N) is 1. The molecule has 1 heterocycles. The van der Waals surface area contributed by atoms with Crippen molar-refractivity contribution in [2.24, 2.45) is 11.1 Å². The fraction of sp³-hybridized carbons (Fsp3) is 0.562. The Bertz CT molecular complexity index is 467. The number of hydrogen-bond donors (Lipinski definition) is 1. The number of amides is 1. The summed E-state index contributed by atoms with van der Waals surface area (Å²) >= 11 is 0. The van der Waals surface area contributed by atoms with Gasteiger partial charge in [0.25, 0.3) is 0 Å². The number of rotatable bonds is 4. The van der Waals surface area contributed by atoms with Crippen LogP contribution in [0.25, 0.3) is 0 Å². The third kappa shape index (κ3) is 2.72. The van der Waals surface area contributed by atoms with Crippen LogP contribution >= 0.6 is 0 Å². The Kier molecular flexibility index (Phi) is 4.78. The Balaban J connectivity index is 2.31. The number of aryl methyl sites for hydroxylation is 1. The van der Waals surface area contributed by atoms with E-state index in [1.54, 1.807) is 0 Å². The lowest BCUT2D eigenvalue weighted by Crippen LogP contribution is -2.51. The molecule has 0 atom stereocenters. The lowest BCUT2D eigenvalue weighted by Gasteiger charge is -2.39. The molecule has 2 N–H and O–H groups in total. The van der Waals surface area contributed by atoms with Crippen LogP contribution in [0.3, 0.4) is 0 Å². The first-order chi connectivity index (χ1) is 9.64. The van der Waals surface area contributed by atoms with Gasteiger partial charge >= 0.3 is 0 Å². The van der Waals surface area contributed by atoms with Crippen LogP contribution in [-0.2, 0) is 9.53 Å². The largest absolute Gasteiger partial charge is 0.381 e. The second-order valence-corrected chi connectivity index (χ2v) is 5.43. The standard InChI is InChI=1S/C16H24N2O2/c1-3-18(14-7-5-4-6-13(14)2)15(19)16(12-17)8-10-20-11-9-16/h4-7H,3,8-12,17H2,1-2H3. The molecule has 4 nitrogen and oxygen atoms in total. The van der Waals surface area contributed by atoms with Crippen molar-refractivity contribution in [2.75, 3.05) is 31.2 Å². The first-order valence-corrected chi connectivity index (χ1v) is 7.30. The van der Waals surface area contributed by atoms with E-state index in [-0.39, 0.29) is 5.91 Å². The summed E-state index contributed by atoms with van der Waals surface area (Å²) in [6.07, 6.45) is 1.43. The van der Waals surface area contributed by atoms with E-state index >= 15 is 0 Å². The van der Waals surface area contributed by atoms with Crippen LogP contribution in [0.1, 0.15) is 25.3 Å². The van der Waals surface area contributed by atoms with E-state index in [4.69, 9.17) is 10.5 Å². The molecule has 0 spiro atoms. The number of para-hydroxylation sites is 1. The van der Waals surface area contributed by atoms with Crippen molar-refractivity contribution in [3.8, 4) is 0 Å². The van der Waals surface area contributed by atoms with Crippen molar-refractivity contribution < 1.29 is 9.53 Å². The highest BCUT2D eigenvalue weighted by Crippen LogP contribution is 2.34. The van der Waals surface area contributed by atoms with Crippen LogP contribution in [0.2, 0.25) is 0 Å². The highest BCUT2D eigenvalue weighted by molar-refractivity contribution is 5.98. The molecule has 0 aromatic heterocycles. The van der Waals surface area contributed by atoms with Gasteiger partial charge in [0.2, 0.25) is 5.91 Å². The summed E-state index contributed by atoms with van der Waals surface area (Å²) in [5.74, 6) is 0.139. The van der Waals surface area contributed by atoms with Gasteiger partial charge in [-0.15, -0.1) is 0 Å². The maximum absolute atomic E-state index is 13.0. The minimum Gasteiger partial charge on any atom is -0.381 e. The molecule has 4 heteroatoms. The number of hydrogen-bond acceptors (Lipinski definition) is 3. The maximum atomic E-state index is 13.0. The molecule has 1 aromatic rings. The van der Waals surface area contributed by atoms with Crippen LogP contribution in [0.15, 0.2) is 24.3 Å². The molecular formula is C16H24N2O2. The summed E-state index contributed by atoms with van der Waals surface area (Å²) < 4.78 is 5.39. The number of benzene rings is 1. The third-order valence-electron chi connectivity index (χ3n) is 4.26. The van der Waals surface area contributed by atoms with Crippen molar-refractivity contribution in [1.29, 1.82) is 0 Å². The molecule has 1 fully saturated rings. The van der Waals surface area contributed by atoms with Gasteiger partial charge in [-0.3, -0.25) is 4.79 Å². The zero-order valence-electron chi connectivity index (χ0n) is 12.4. The van der Waals surface area contributed by atoms with E-state index < -0.39 is 5.41 Å². The van der Waals surface area contributed by atoms with Crippen molar-refractivity contribution >= 4 is 11.6 Å². The normalized spacial score (nSPS) is 17.8. The summed E-state index contributed by atoms with van der Waals surface area (Å²) in [4.78, 5) is 14.9. The van der Waals surface area contributed by atoms with Crippen LogP contribution < -0.4 is 10.6 Å². The molecule has 0 unspecified atom stereocenters. The average molecular weight is 276 g/mol. The maximum Gasteiger partial charge on any atom is 0.234 e. The van der Waals surface area contributed by atoms with Crippen LogP contribution in [0, 0.1) is 12.3 Å². The molecular weight excluding hydrogens is 252 g/mol. The summed E-state index contributed by atoms with van der Waals surface area (Å²) in [5.41, 5.74) is 7.58. The van der Waals surface area contributed by atoms with Gasteiger partial charge in [0.05, 0.1) is 5.41 Å². The Morgan fingerprint density at radius 2 is 2.00 bits per heavy atom.